The Balaban J connectivity index is 1.91. The van der Waals surface area contributed by atoms with E-state index >= 15 is 0 Å². The lowest BCUT2D eigenvalue weighted by molar-refractivity contribution is 0.408. The average Bonchev–Trinajstić information content (AvgIpc) is 3.36. The van der Waals surface area contributed by atoms with Gasteiger partial charge in [-0.05, 0) is 145 Å². The fourth-order valence-electron chi connectivity index (χ4n) is 8.32. The first-order chi connectivity index (χ1) is 19.6. The molecule has 1 saturated carbocycles. The van der Waals surface area contributed by atoms with E-state index in [1.165, 1.54) is 57.7 Å². The molecule has 3 aromatic rings. The minimum Gasteiger partial charge on any atom is -0.496 e. The van der Waals surface area contributed by atoms with Gasteiger partial charge < -0.3 is 4.74 Å². The zero-order chi connectivity index (χ0) is 31.1. The minimum absolute atomic E-state index is 0.180. The van der Waals surface area contributed by atoms with Gasteiger partial charge in [0, 0.05) is 0 Å². The fourth-order valence-corrected chi connectivity index (χ4v) is 16.4. The summed E-state index contributed by atoms with van der Waals surface area (Å²) in [5.41, 5.74) is 8.98. The Bertz CT molecular complexity index is 1350. The third-order valence-corrected chi connectivity index (χ3v) is 16.2. The molecular formula is C39H56OP2. The van der Waals surface area contributed by atoms with Crippen LogP contribution < -0.4 is 20.7 Å². The molecule has 0 aliphatic heterocycles. The number of benzene rings is 3. The largest absolute Gasteiger partial charge is 0.496 e. The molecule has 1 aliphatic carbocycles. The van der Waals surface area contributed by atoms with E-state index < -0.39 is 7.92 Å². The first kappa shape index (κ1) is 33.2. The van der Waals surface area contributed by atoms with E-state index in [0.29, 0.717) is 16.2 Å². The maximum Gasteiger partial charge on any atom is 0.124 e. The van der Waals surface area contributed by atoms with E-state index in [0.717, 1.165) is 17.3 Å². The molecule has 42 heavy (non-hydrogen) atoms. The molecule has 1 fully saturated rings. The predicted octanol–water partition coefficient (Wildman–Crippen LogP) is 10.3. The zero-order valence-electron chi connectivity index (χ0n) is 28.8. The Morgan fingerprint density at radius 1 is 0.738 bits per heavy atom. The number of aryl methyl sites for hydroxylation is 4. The van der Waals surface area contributed by atoms with Gasteiger partial charge in [0.05, 0.1) is 7.11 Å². The highest BCUT2D eigenvalue weighted by Crippen LogP contribution is 2.66. The summed E-state index contributed by atoms with van der Waals surface area (Å²) in [6.07, 6.45) is 4.00. The number of methoxy groups -OCH3 is 1. The second-order valence-electron chi connectivity index (χ2n) is 14.9. The molecule has 1 nitrogen and oxygen atoms in total. The molecule has 0 heterocycles. The normalized spacial score (nSPS) is 19.3. The van der Waals surface area contributed by atoms with Crippen LogP contribution >= 0.6 is 15.8 Å². The van der Waals surface area contributed by atoms with Crippen molar-refractivity contribution in [3.63, 3.8) is 0 Å². The van der Waals surface area contributed by atoms with Crippen molar-refractivity contribution in [3.05, 3.63) is 81.9 Å². The number of ether oxygens (including phenoxy) is 1. The van der Waals surface area contributed by atoms with Crippen molar-refractivity contribution in [1.29, 1.82) is 0 Å². The van der Waals surface area contributed by atoms with Gasteiger partial charge in [-0.2, -0.15) is 0 Å². The van der Waals surface area contributed by atoms with E-state index in [1.54, 1.807) is 18.0 Å². The van der Waals surface area contributed by atoms with Crippen LogP contribution in [-0.2, 0) is 0 Å². The molecule has 0 radical (unpaired) electrons. The van der Waals surface area contributed by atoms with Crippen molar-refractivity contribution >= 4 is 31.8 Å². The van der Waals surface area contributed by atoms with E-state index in [-0.39, 0.29) is 7.92 Å². The van der Waals surface area contributed by atoms with Gasteiger partial charge in [-0.25, -0.2) is 0 Å². The Morgan fingerprint density at radius 2 is 1.24 bits per heavy atom. The Morgan fingerprint density at radius 3 is 1.74 bits per heavy atom. The molecule has 228 valence electrons. The Labute approximate surface area is 260 Å². The number of hydrogen-bond donors (Lipinski definition) is 0. The van der Waals surface area contributed by atoms with Gasteiger partial charge in [-0.15, -0.1) is 0 Å². The lowest BCUT2D eigenvalue weighted by Gasteiger charge is -2.48. The van der Waals surface area contributed by atoms with Crippen LogP contribution in [0.5, 0.6) is 5.75 Å². The average molecular weight is 603 g/mol. The van der Waals surface area contributed by atoms with Crippen molar-refractivity contribution in [2.75, 3.05) is 7.11 Å². The first-order valence-corrected chi connectivity index (χ1v) is 18.7. The van der Waals surface area contributed by atoms with Crippen molar-refractivity contribution in [1.82, 2.24) is 0 Å². The van der Waals surface area contributed by atoms with Crippen molar-refractivity contribution < 1.29 is 4.74 Å². The highest BCUT2D eigenvalue weighted by Gasteiger charge is 2.45. The summed E-state index contributed by atoms with van der Waals surface area (Å²) < 4.78 is 5.81. The third-order valence-electron chi connectivity index (χ3n) is 9.70. The number of hydrogen-bond acceptors (Lipinski definition) is 1. The summed E-state index contributed by atoms with van der Waals surface area (Å²) in [6.45, 7) is 28.8. The molecule has 3 heteroatoms. The summed E-state index contributed by atoms with van der Waals surface area (Å²) in [5, 5.41) is 5.13. The third kappa shape index (κ3) is 6.69. The summed E-state index contributed by atoms with van der Waals surface area (Å²) in [5.74, 6) is 2.36. The molecule has 0 amide bonds. The molecular weight excluding hydrogens is 546 g/mol. The summed E-state index contributed by atoms with van der Waals surface area (Å²) in [4.78, 5) is 0. The van der Waals surface area contributed by atoms with Gasteiger partial charge in [-0.1, -0.05) is 99.2 Å². The maximum absolute atomic E-state index is 5.81. The minimum atomic E-state index is -0.727. The van der Waals surface area contributed by atoms with Crippen molar-refractivity contribution in [2.45, 2.75) is 124 Å². The van der Waals surface area contributed by atoms with Gasteiger partial charge in [0.1, 0.15) is 5.75 Å². The first-order valence-electron chi connectivity index (χ1n) is 16.0. The summed E-state index contributed by atoms with van der Waals surface area (Å²) >= 11 is 0. The molecule has 0 bridgehead atoms. The molecule has 0 saturated heterocycles. The number of rotatable bonds is 7. The molecule has 4 atom stereocenters. The second-order valence-corrected chi connectivity index (χ2v) is 21.3. The Kier molecular flexibility index (Phi) is 10.1. The monoisotopic (exact) mass is 602 g/mol. The van der Waals surface area contributed by atoms with Crippen LogP contribution in [0.4, 0.5) is 0 Å². The van der Waals surface area contributed by atoms with E-state index in [4.69, 9.17) is 4.74 Å². The van der Waals surface area contributed by atoms with Gasteiger partial charge >= 0.3 is 0 Å². The van der Waals surface area contributed by atoms with Crippen LogP contribution in [0, 0.1) is 40.5 Å². The fraction of sp³-hybridized carbons (Fsp3) is 0.538. The summed E-state index contributed by atoms with van der Waals surface area (Å²) in [6, 6.07) is 19.3. The maximum atomic E-state index is 5.81. The van der Waals surface area contributed by atoms with Crippen LogP contribution in [-0.4, -0.2) is 23.1 Å². The standard InChI is InChI=1S/C39H56OP2/c1-25-21-31(22-26(2)29(25)5)41(32-23-27(3)37(40-13)28(4)24-32)36-20-15-14-17-35(36)34-19-16-18-33(34)30(6)42(38(7,8)9)39(10,11)12/h14-15,17,20-24,30,33-34H,16,18-19H2,1-13H3/t30-,33?,34?,41?/m1/s1. The smallest absolute Gasteiger partial charge is 0.124 e. The SMILES string of the molecule is COc1c(C)cc(P(c2cc(C)c(C)c(C)c2)c2ccccc2C2CCCC2[C@@H](C)P(C(C)(C)C)C(C)(C)C)cc1C. The van der Waals surface area contributed by atoms with E-state index in [2.05, 4.69) is 132 Å². The lowest BCUT2D eigenvalue weighted by Crippen LogP contribution is -2.35. The van der Waals surface area contributed by atoms with E-state index in [9.17, 15) is 0 Å². The van der Waals surface area contributed by atoms with Crippen molar-refractivity contribution in [3.8, 4) is 5.75 Å². The molecule has 4 rings (SSSR count). The quantitative estimate of drug-likeness (QED) is 0.245. The molecule has 3 unspecified atom stereocenters. The molecule has 0 aromatic heterocycles. The van der Waals surface area contributed by atoms with Crippen molar-refractivity contribution in [2.24, 2.45) is 5.92 Å². The Hall–Kier alpha value is -1.68. The topological polar surface area (TPSA) is 9.23 Å². The second kappa shape index (κ2) is 12.7. The molecule has 3 aromatic carbocycles. The molecule has 1 aliphatic rings. The van der Waals surface area contributed by atoms with Gasteiger partial charge in [-0.3, -0.25) is 0 Å². The van der Waals surface area contributed by atoms with Crippen LogP contribution in [0.25, 0.3) is 0 Å². The predicted molar refractivity (Wildman–Crippen MR) is 191 cm³/mol. The molecule has 0 N–H and O–H groups in total. The summed E-state index contributed by atoms with van der Waals surface area (Å²) in [7, 11) is 0.890. The highest BCUT2D eigenvalue weighted by atomic mass is 31.1. The van der Waals surface area contributed by atoms with Crippen LogP contribution in [0.3, 0.4) is 0 Å². The van der Waals surface area contributed by atoms with Gasteiger partial charge in [0.2, 0.25) is 0 Å². The van der Waals surface area contributed by atoms with Crippen LogP contribution in [0.15, 0.2) is 48.5 Å². The van der Waals surface area contributed by atoms with Crippen LogP contribution in [0.1, 0.15) is 107 Å². The highest BCUT2D eigenvalue weighted by molar-refractivity contribution is 7.80. The lowest BCUT2D eigenvalue weighted by atomic mass is 9.87. The van der Waals surface area contributed by atoms with Gasteiger partial charge in [0.25, 0.3) is 0 Å². The van der Waals surface area contributed by atoms with Crippen LogP contribution in [0.2, 0.25) is 0 Å². The van der Waals surface area contributed by atoms with E-state index in [1.807, 2.05) is 0 Å². The zero-order valence-corrected chi connectivity index (χ0v) is 30.6. The molecule has 0 spiro atoms. The van der Waals surface area contributed by atoms with Gasteiger partial charge in [0.15, 0.2) is 0 Å².